The van der Waals surface area contributed by atoms with Crippen LogP contribution in [0.4, 0.5) is 0 Å². The van der Waals surface area contributed by atoms with Crippen LogP contribution in [-0.4, -0.2) is 43.6 Å². The SMILES string of the molecule is CC(C)[NH2+]C[C@@H](O)COc1ccc(CCOCC2CC2)cc1. The lowest BCUT2D eigenvalue weighted by molar-refractivity contribution is -0.688. The first kappa shape index (κ1) is 17.3. The van der Waals surface area contributed by atoms with Gasteiger partial charge in [0.1, 0.15) is 25.0 Å². The van der Waals surface area contributed by atoms with Gasteiger partial charge in [0.25, 0.3) is 0 Å². The molecule has 0 aliphatic heterocycles. The molecule has 0 saturated heterocycles. The third kappa shape index (κ3) is 7.25. The minimum absolute atomic E-state index is 0.340. The van der Waals surface area contributed by atoms with Gasteiger partial charge in [0.05, 0.1) is 12.6 Å². The molecule has 0 aromatic heterocycles. The molecule has 1 fully saturated rings. The highest BCUT2D eigenvalue weighted by atomic mass is 16.5. The maximum absolute atomic E-state index is 9.83. The second kappa shape index (κ2) is 9.13. The van der Waals surface area contributed by atoms with Crippen molar-refractivity contribution in [3.8, 4) is 5.75 Å². The fourth-order valence-corrected chi connectivity index (χ4v) is 2.17. The maximum atomic E-state index is 9.83. The van der Waals surface area contributed by atoms with Gasteiger partial charge in [0, 0.05) is 6.61 Å². The molecular weight excluding hydrogens is 278 g/mol. The Morgan fingerprint density at radius 2 is 1.95 bits per heavy atom. The molecular formula is C18H30NO3+. The number of rotatable bonds is 11. The van der Waals surface area contributed by atoms with Crippen LogP contribution in [0.2, 0.25) is 0 Å². The molecule has 0 spiro atoms. The van der Waals surface area contributed by atoms with Crippen LogP contribution in [0.25, 0.3) is 0 Å². The van der Waals surface area contributed by atoms with Crippen LogP contribution in [0.1, 0.15) is 32.3 Å². The smallest absolute Gasteiger partial charge is 0.137 e. The van der Waals surface area contributed by atoms with Gasteiger partial charge in [-0.3, -0.25) is 0 Å². The minimum Gasteiger partial charge on any atom is -0.491 e. The van der Waals surface area contributed by atoms with E-state index in [0.717, 1.165) is 31.3 Å². The van der Waals surface area contributed by atoms with Crippen LogP contribution >= 0.6 is 0 Å². The third-order valence-electron chi connectivity index (χ3n) is 3.83. The van der Waals surface area contributed by atoms with Crippen LogP contribution in [0.5, 0.6) is 5.75 Å². The largest absolute Gasteiger partial charge is 0.491 e. The Balaban J connectivity index is 1.60. The van der Waals surface area contributed by atoms with E-state index in [0.29, 0.717) is 19.2 Å². The van der Waals surface area contributed by atoms with E-state index in [1.165, 1.54) is 18.4 Å². The molecule has 4 nitrogen and oxygen atoms in total. The normalized spacial score (nSPS) is 16.0. The Morgan fingerprint density at radius 1 is 1.23 bits per heavy atom. The summed E-state index contributed by atoms with van der Waals surface area (Å²) >= 11 is 0. The zero-order valence-corrected chi connectivity index (χ0v) is 13.8. The van der Waals surface area contributed by atoms with Gasteiger partial charge in [-0.1, -0.05) is 12.1 Å². The molecule has 0 radical (unpaired) electrons. The van der Waals surface area contributed by atoms with Crippen molar-refractivity contribution in [3.63, 3.8) is 0 Å². The molecule has 1 aromatic rings. The van der Waals surface area contributed by atoms with Gasteiger partial charge in [-0.05, 0) is 56.7 Å². The Kier molecular flexibility index (Phi) is 7.16. The number of nitrogens with two attached hydrogens (primary N) is 1. The summed E-state index contributed by atoms with van der Waals surface area (Å²) in [5, 5.41) is 11.9. The average Bonchev–Trinajstić information content (AvgIpc) is 3.33. The second-order valence-electron chi connectivity index (χ2n) is 6.59. The summed E-state index contributed by atoms with van der Waals surface area (Å²) in [6, 6.07) is 8.57. The molecule has 0 unspecified atom stereocenters. The van der Waals surface area contributed by atoms with E-state index in [9.17, 15) is 5.11 Å². The van der Waals surface area contributed by atoms with Crippen LogP contribution < -0.4 is 10.1 Å². The summed E-state index contributed by atoms with van der Waals surface area (Å²) in [5.41, 5.74) is 1.26. The Labute approximate surface area is 133 Å². The van der Waals surface area contributed by atoms with Gasteiger partial charge in [0.15, 0.2) is 0 Å². The molecule has 22 heavy (non-hydrogen) atoms. The summed E-state index contributed by atoms with van der Waals surface area (Å²) in [6.45, 7) is 6.95. The first-order valence-electron chi connectivity index (χ1n) is 8.44. The van der Waals surface area contributed by atoms with Crippen molar-refractivity contribution < 1.29 is 19.9 Å². The first-order valence-corrected chi connectivity index (χ1v) is 8.44. The topological polar surface area (TPSA) is 55.3 Å². The van der Waals surface area contributed by atoms with Crippen LogP contribution in [0.15, 0.2) is 24.3 Å². The zero-order chi connectivity index (χ0) is 15.8. The van der Waals surface area contributed by atoms with E-state index in [1.54, 1.807) is 0 Å². The number of benzene rings is 1. The van der Waals surface area contributed by atoms with E-state index in [4.69, 9.17) is 9.47 Å². The molecule has 0 heterocycles. The minimum atomic E-state index is -0.432. The number of hydrogen-bond acceptors (Lipinski definition) is 3. The van der Waals surface area contributed by atoms with Gasteiger partial charge >= 0.3 is 0 Å². The fourth-order valence-electron chi connectivity index (χ4n) is 2.17. The van der Waals surface area contributed by atoms with Crippen LogP contribution in [0, 0.1) is 5.92 Å². The Hall–Kier alpha value is -1.10. The van der Waals surface area contributed by atoms with Crippen molar-refractivity contribution in [1.29, 1.82) is 0 Å². The number of quaternary nitrogens is 1. The molecule has 1 atom stereocenters. The zero-order valence-electron chi connectivity index (χ0n) is 13.8. The molecule has 3 N–H and O–H groups in total. The van der Waals surface area contributed by atoms with E-state index < -0.39 is 6.10 Å². The lowest BCUT2D eigenvalue weighted by Crippen LogP contribution is -2.90. The van der Waals surface area contributed by atoms with E-state index >= 15 is 0 Å². The van der Waals surface area contributed by atoms with Crippen molar-refractivity contribution in [2.45, 2.75) is 45.3 Å². The summed E-state index contributed by atoms with van der Waals surface area (Å²) in [5.74, 6) is 1.64. The lowest BCUT2D eigenvalue weighted by atomic mass is 10.1. The van der Waals surface area contributed by atoms with Gasteiger partial charge in [-0.15, -0.1) is 0 Å². The molecule has 0 amide bonds. The number of aliphatic hydroxyl groups is 1. The molecule has 1 aromatic carbocycles. The summed E-state index contributed by atoms with van der Waals surface area (Å²) in [4.78, 5) is 0. The third-order valence-corrected chi connectivity index (χ3v) is 3.83. The van der Waals surface area contributed by atoms with Crippen molar-refractivity contribution in [2.75, 3.05) is 26.4 Å². The first-order chi connectivity index (χ1) is 10.6. The van der Waals surface area contributed by atoms with Gasteiger partial charge in [-0.2, -0.15) is 0 Å². The summed E-state index contributed by atoms with van der Waals surface area (Å²) < 4.78 is 11.3. The molecule has 124 valence electrons. The molecule has 1 aliphatic carbocycles. The highest BCUT2D eigenvalue weighted by molar-refractivity contribution is 5.27. The number of aliphatic hydroxyl groups excluding tert-OH is 1. The van der Waals surface area contributed by atoms with Crippen LogP contribution in [-0.2, 0) is 11.2 Å². The van der Waals surface area contributed by atoms with Gasteiger partial charge in [0.2, 0.25) is 0 Å². The fraction of sp³-hybridized carbons (Fsp3) is 0.667. The second-order valence-corrected chi connectivity index (χ2v) is 6.59. The average molecular weight is 308 g/mol. The molecule has 0 bridgehead atoms. The van der Waals surface area contributed by atoms with E-state index in [-0.39, 0.29) is 0 Å². The Morgan fingerprint density at radius 3 is 2.59 bits per heavy atom. The quantitative estimate of drug-likeness (QED) is 0.607. The molecule has 4 heteroatoms. The highest BCUT2D eigenvalue weighted by Gasteiger charge is 2.20. The van der Waals surface area contributed by atoms with Crippen molar-refractivity contribution in [2.24, 2.45) is 5.92 Å². The Bertz CT molecular complexity index is 415. The van der Waals surface area contributed by atoms with Gasteiger partial charge in [-0.25, -0.2) is 0 Å². The maximum Gasteiger partial charge on any atom is 0.137 e. The summed E-state index contributed by atoms with van der Waals surface area (Å²) in [6.07, 6.45) is 3.19. The van der Waals surface area contributed by atoms with E-state index in [2.05, 4.69) is 31.3 Å². The lowest BCUT2D eigenvalue weighted by Gasteiger charge is -2.13. The van der Waals surface area contributed by atoms with Crippen LogP contribution in [0.3, 0.4) is 0 Å². The standard InChI is InChI=1S/C18H29NO3/c1-14(2)19-11-17(20)13-22-18-7-5-15(6-8-18)9-10-21-12-16-3-4-16/h5-8,14,16-17,19-20H,3-4,9-13H2,1-2H3/p+1/t17-/m1/s1. The molecule has 1 saturated carbocycles. The van der Waals surface area contributed by atoms with Crippen molar-refractivity contribution in [1.82, 2.24) is 0 Å². The van der Waals surface area contributed by atoms with E-state index in [1.807, 2.05) is 12.1 Å². The molecule has 1 aliphatic rings. The number of hydrogen-bond donors (Lipinski definition) is 2. The van der Waals surface area contributed by atoms with Gasteiger partial charge < -0.3 is 19.9 Å². The predicted molar refractivity (Wildman–Crippen MR) is 87.1 cm³/mol. The highest BCUT2D eigenvalue weighted by Crippen LogP contribution is 2.28. The summed E-state index contributed by atoms with van der Waals surface area (Å²) in [7, 11) is 0. The predicted octanol–water partition coefficient (Wildman–Crippen LogP) is 1.37. The van der Waals surface area contributed by atoms with Crippen molar-refractivity contribution in [3.05, 3.63) is 29.8 Å². The van der Waals surface area contributed by atoms with Crippen molar-refractivity contribution >= 4 is 0 Å². The number of ether oxygens (including phenoxy) is 2. The monoisotopic (exact) mass is 308 g/mol. The molecule has 2 rings (SSSR count).